The molecule has 0 aliphatic rings. The highest BCUT2D eigenvalue weighted by atomic mass is 16.6. The van der Waals surface area contributed by atoms with E-state index in [-0.39, 0.29) is 5.92 Å². The lowest BCUT2D eigenvalue weighted by Gasteiger charge is -2.23. The molecular weight excluding hydrogens is 300 g/mol. The fraction of sp³-hybridized carbons (Fsp3) is 0.688. The Morgan fingerprint density at radius 3 is 2.13 bits per heavy atom. The summed E-state index contributed by atoms with van der Waals surface area (Å²) in [5.41, 5.74) is -0.648. The van der Waals surface area contributed by atoms with Crippen LogP contribution in [-0.2, 0) is 14.3 Å². The van der Waals surface area contributed by atoms with Crippen LogP contribution in [0, 0.1) is 5.92 Å². The van der Waals surface area contributed by atoms with Crippen LogP contribution >= 0.6 is 0 Å². The Bertz CT molecular complexity index is 452. The summed E-state index contributed by atoms with van der Waals surface area (Å²) in [7, 11) is 0. The van der Waals surface area contributed by atoms with Crippen LogP contribution in [0.3, 0.4) is 0 Å². The number of aliphatic carboxylic acids is 1. The van der Waals surface area contributed by atoms with Crippen LogP contribution in [0.1, 0.15) is 48.0 Å². The maximum Gasteiger partial charge on any atom is 0.408 e. The number of amides is 2. The van der Waals surface area contributed by atoms with Gasteiger partial charge in [0.05, 0.1) is 0 Å². The van der Waals surface area contributed by atoms with Crippen LogP contribution < -0.4 is 10.6 Å². The van der Waals surface area contributed by atoms with Gasteiger partial charge in [0.1, 0.15) is 11.6 Å². The summed E-state index contributed by atoms with van der Waals surface area (Å²) in [6, 6.07) is -1.21. The summed E-state index contributed by atoms with van der Waals surface area (Å²) >= 11 is 0. The van der Waals surface area contributed by atoms with E-state index in [2.05, 4.69) is 10.6 Å². The predicted octanol–water partition coefficient (Wildman–Crippen LogP) is 2.07. The highest BCUT2D eigenvalue weighted by Crippen LogP contribution is 2.08. The van der Waals surface area contributed by atoms with E-state index in [4.69, 9.17) is 9.84 Å². The van der Waals surface area contributed by atoms with E-state index in [1.165, 1.54) is 13.0 Å². The minimum atomic E-state index is -1.08. The molecule has 0 unspecified atom stereocenters. The maximum absolute atomic E-state index is 12.1. The SMILES string of the molecule is CC(C)C[C@@H](/C=C/C(=O)O)NC(=O)[C@H](C)NC(=O)OC(C)(C)C. The summed E-state index contributed by atoms with van der Waals surface area (Å²) < 4.78 is 5.09. The third-order valence-electron chi connectivity index (χ3n) is 2.65. The van der Waals surface area contributed by atoms with Gasteiger partial charge in [-0.05, 0) is 40.0 Å². The molecule has 0 aromatic carbocycles. The van der Waals surface area contributed by atoms with Gasteiger partial charge in [0.25, 0.3) is 0 Å². The number of ether oxygens (including phenoxy) is 1. The summed E-state index contributed by atoms with van der Waals surface area (Å²) in [6.07, 6.45) is 2.34. The van der Waals surface area contributed by atoms with Crippen molar-refractivity contribution in [2.75, 3.05) is 0 Å². The van der Waals surface area contributed by atoms with E-state index in [0.717, 1.165) is 6.08 Å². The Morgan fingerprint density at radius 2 is 1.70 bits per heavy atom. The molecule has 0 rings (SSSR count). The average Bonchev–Trinajstić information content (AvgIpc) is 2.32. The van der Waals surface area contributed by atoms with Crippen LogP contribution in [0.5, 0.6) is 0 Å². The molecule has 0 fully saturated rings. The number of hydrogen-bond donors (Lipinski definition) is 3. The van der Waals surface area contributed by atoms with Gasteiger partial charge in [-0.25, -0.2) is 9.59 Å². The van der Waals surface area contributed by atoms with Gasteiger partial charge in [-0.3, -0.25) is 4.79 Å². The third-order valence-corrected chi connectivity index (χ3v) is 2.65. The average molecular weight is 328 g/mol. The molecule has 23 heavy (non-hydrogen) atoms. The zero-order valence-electron chi connectivity index (χ0n) is 14.7. The normalized spacial score (nSPS) is 14.4. The van der Waals surface area contributed by atoms with Crippen LogP contribution in [0.15, 0.2) is 12.2 Å². The molecule has 0 bridgehead atoms. The standard InChI is InChI=1S/C16H28N2O5/c1-10(2)9-12(7-8-13(19)20)18-14(21)11(3)17-15(22)23-16(4,5)6/h7-8,10-12H,9H2,1-6H3,(H,17,22)(H,18,21)(H,19,20)/b8-7+/t11-,12+/m0/s1. The summed E-state index contributed by atoms with van der Waals surface area (Å²) in [4.78, 5) is 34.4. The first-order valence-electron chi connectivity index (χ1n) is 7.61. The van der Waals surface area contributed by atoms with Crippen molar-refractivity contribution in [3.8, 4) is 0 Å². The molecular formula is C16H28N2O5. The summed E-state index contributed by atoms with van der Waals surface area (Å²) in [5, 5.41) is 13.9. The Kier molecular flexibility index (Phi) is 8.35. The van der Waals surface area contributed by atoms with Gasteiger partial charge in [0.15, 0.2) is 0 Å². The smallest absolute Gasteiger partial charge is 0.408 e. The molecule has 0 saturated heterocycles. The number of carboxylic acid groups (broad SMARTS) is 1. The Morgan fingerprint density at radius 1 is 1.13 bits per heavy atom. The highest BCUT2D eigenvalue weighted by molar-refractivity contribution is 5.86. The van der Waals surface area contributed by atoms with Crippen molar-refractivity contribution in [1.82, 2.24) is 10.6 Å². The number of rotatable bonds is 7. The van der Waals surface area contributed by atoms with Crippen molar-refractivity contribution in [2.45, 2.75) is 65.6 Å². The number of nitrogens with one attached hydrogen (secondary N) is 2. The predicted molar refractivity (Wildman–Crippen MR) is 87.0 cm³/mol. The van der Waals surface area contributed by atoms with Gasteiger partial charge < -0.3 is 20.5 Å². The second-order valence-electron chi connectivity index (χ2n) is 6.81. The number of hydrogen-bond acceptors (Lipinski definition) is 4. The topological polar surface area (TPSA) is 105 Å². The van der Waals surface area contributed by atoms with Gasteiger partial charge in [0.2, 0.25) is 5.91 Å². The van der Waals surface area contributed by atoms with Crippen LogP contribution in [-0.4, -0.2) is 40.8 Å². The second kappa shape index (κ2) is 9.17. The minimum Gasteiger partial charge on any atom is -0.478 e. The number of carbonyl (C=O) groups is 3. The van der Waals surface area contributed by atoms with Gasteiger partial charge in [-0.1, -0.05) is 19.9 Å². The molecule has 0 spiro atoms. The highest BCUT2D eigenvalue weighted by Gasteiger charge is 2.22. The van der Waals surface area contributed by atoms with E-state index in [9.17, 15) is 14.4 Å². The number of carbonyl (C=O) groups excluding carboxylic acids is 2. The number of carboxylic acids is 1. The van der Waals surface area contributed by atoms with E-state index in [1.54, 1.807) is 20.8 Å². The summed E-state index contributed by atoms with van der Waals surface area (Å²) in [5.74, 6) is -1.21. The Hall–Kier alpha value is -2.05. The van der Waals surface area contributed by atoms with Crippen molar-refractivity contribution in [3.63, 3.8) is 0 Å². The molecule has 0 aromatic heterocycles. The first-order chi connectivity index (χ1) is 10.4. The molecule has 0 aliphatic carbocycles. The molecule has 0 aliphatic heterocycles. The lowest BCUT2D eigenvalue weighted by atomic mass is 10.0. The first kappa shape index (κ1) is 20.9. The zero-order chi connectivity index (χ0) is 18.2. The van der Waals surface area contributed by atoms with Gasteiger partial charge in [0, 0.05) is 12.1 Å². The van der Waals surface area contributed by atoms with Crippen LogP contribution in [0.25, 0.3) is 0 Å². The fourth-order valence-electron chi connectivity index (χ4n) is 1.75. The van der Waals surface area contributed by atoms with Crippen molar-refractivity contribution in [3.05, 3.63) is 12.2 Å². The lowest BCUT2D eigenvalue weighted by molar-refractivity contribution is -0.131. The quantitative estimate of drug-likeness (QED) is 0.621. The molecule has 0 aromatic rings. The first-order valence-corrected chi connectivity index (χ1v) is 7.61. The van der Waals surface area contributed by atoms with E-state index in [1.807, 2.05) is 13.8 Å². The Balaban J connectivity index is 4.65. The zero-order valence-corrected chi connectivity index (χ0v) is 14.7. The maximum atomic E-state index is 12.1. The molecule has 0 heterocycles. The van der Waals surface area contributed by atoms with Gasteiger partial charge in [-0.2, -0.15) is 0 Å². The van der Waals surface area contributed by atoms with E-state index >= 15 is 0 Å². The third kappa shape index (κ3) is 11.2. The van der Waals surface area contributed by atoms with E-state index < -0.39 is 35.7 Å². The summed E-state index contributed by atoms with van der Waals surface area (Å²) in [6.45, 7) is 10.7. The molecule has 132 valence electrons. The molecule has 0 saturated carbocycles. The van der Waals surface area contributed by atoms with Crippen molar-refractivity contribution in [2.24, 2.45) is 5.92 Å². The second-order valence-corrected chi connectivity index (χ2v) is 6.81. The largest absolute Gasteiger partial charge is 0.478 e. The van der Waals surface area contributed by atoms with Gasteiger partial charge >= 0.3 is 12.1 Å². The van der Waals surface area contributed by atoms with Gasteiger partial charge in [-0.15, -0.1) is 0 Å². The lowest BCUT2D eigenvalue weighted by Crippen LogP contribution is -2.49. The molecule has 0 radical (unpaired) electrons. The van der Waals surface area contributed by atoms with Crippen LogP contribution in [0.4, 0.5) is 4.79 Å². The molecule has 7 heteroatoms. The molecule has 7 nitrogen and oxygen atoms in total. The fourth-order valence-corrected chi connectivity index (χ4v) is 1.75. The van der Waals surface area contributed by atoms with Crippen molar-refractivity contribution in [1.29, 1.82) is 0 Å². The van der Waals surface area contributed by atoms with Crippen LogP contribution in [0.2, 0.25) is 0 Å². The molecule has 3 N–H and O–H groups in total. The molecule has 2 atom stereocenters. The monoisotopic (exact) mass is 328 g/mol. The van der Waals surface area contributed by atoms with E-state index in [0.29, 0.717) is 6.42 Å². The number of alkyl carbamates (subject to hydrolysis) is 1. The van der Waals surface area contributed by atoms with Crippen molar-refractivity contribution >= 4 is 18.0 Å². The minimum absolute atomic E-state index is 0.271. The Labute approximate surface area is 137 Å². The molecule has 2 amide bonds. The van der Waals surface area contributed by atoms with Crippen molar-refractivity contribution < 1.29 is 24.2 Å².